The summed E-state index contributed by atoms with van der Waals surface area (Å²) in [7, 11) is 0. The van der Waals surface area contributed by atoms with Crippen LogP contribution in [-0.2, 0) is 6.18 Å². The summed E-state index contributed by atoms with van der Waals surface area (Å²) in [5.41, 5.74) is 0.607. The minimum atomic E-state index is -4.48. The molecule has 3 aromatic heterocycles. The van der Waals surface area contributed by atoms with E-state index in [1.165, 1.54) is 4.40 Å². The molecule has 3 heterocycles. The molecule has 1 fully saturated rings. The number of aryl methyl sites for hydroxylation is 1. The van der Waals surface area contributed by atoms with Crippen LogP contribution in [0.25, 0.3) is 5.65 Å². The maximum Gasteiger partial charge on any atom is 0.434 e. The Morgan fingerprint density at radius 3 is 2.53 bits per heavy atom. The largest absolute Gasteiger partial charge is 0.434 e. The number of nitrogens with one attached hydrogen (secondary N) is 2. The quantitative estimate of drug-likeness (QED) is 0.667. The first kappa shape index (κ1) is 20.2. The van der Waals surface area contributed by atoms with Crippen LogP contribution in [0.3, 0.4) is 0 Å². The number of hydrogen-bond donors (Lipinski definition) is 2. The molecule has 3 aromatic rings. The standard InChI is InChI=1S/C21H22F3N5O/c1-13-16(4-3-11-25-13)20(30)27-15-9-7-14(8-10-15)26-18-5-2-6-19-28-17(12-29(18)19)21(22,23)24/h2-6,11-12,14-15,26H,7-10H2,1H3,(H,27,30)/t14-,15+. The number of fused-ring (bicyclic) bond motifs is 1. The van der Waals surface area contributed by atoms with Crippen molar-refractivity contribution in [3.63, 3.8) is 0 Å². The second kappa shape index (κ2) is 7.97. The van der Waals surface area contributed by atoms with E-state index in [1.54, 1.807) is 43.5 Å². The molecule has 2 N–H and O–H groups in total. The van der Waals surface area contributed by atoms with Gasteiger partial charge in [-0.05, 0) is 56.9 Å². The maximum atomic E-state index is 13.0. The second-order valence-electron chi connectivity index (χ2n) is 7.57. The zero-order valence-corrected chi connectivity index (χ0v) is 16.4. The Kier molecular flexibility index (Phi) is 5.36. The third kappa shape index (κ3) is 4.24. The van der Waals surface area contributed by atoms with Gasteiger partial charge >= 0.3 is 6.18 Å². The first-order chi connectivity index (χ1) is 14.3. The smallest absolute Gasteiger partial charge is 0.368 e. The monoisotopic (exact) mass is 417 g/mol. The highest BCUT2D eigenvalue weighted by Crippen LogP contribution is 2.30. The lowest BCUT2D eigenvalue weighted by Crippen LogP contribution is -2.40. The number of hydrogen-bond acceptors (Lipinski definition) is 4. The molecule has 1 aliphatic rings. The number of nitrogens with zero attached hydrogens (tertiary/aromatic N) is 3. The molecule has 6 nitrogen and oxygen atoms in total. The van der Waals surface area contributed by atoms with Crippen molar-refractivity contribution in [2.45, 2.75) is 50.9 Å². The first-order valence-electron chi connectivity index (χ1n) is 9.85. The topological polar surface area (TPSA) is 71.3 Å². The highest BCUT2D eigenvalue weighted by molar-refractivity contribution is 5.95. The maximum absolute atomic E-state index is 13.0. The zero-order chi connectivity index (χ0) is 21.3. The van der Waals surface area contributed by atoms with Crippen LogP contribution in [0, 0.1) is 6.92 Å². The number of rotatable bonds is 4. The summed E-state index contributed by atoms with van der Waals surface area (Å²) in [6.07, 6.45) is 1.36. The summed E-state index contributed by atoms with van der Waals surface area (Å²) in [5, 5.41) is 6.40. The lowest BCUT2D eigenvalue weighted by atomic mass is 9.91. The van der Waals surface area contributed by atoms with E-state index >= 15 is 0 Å². The third-order valence-electron chi connectivity index (χ3n) is 5.45. The number of anilines is 1. The van der Waals surface area contributed by atoms with Gasteiger partial charge in [-0.2, -0.15) is 13.2 Å². The van der Waals surface area contributed by atoms with Crippen LogP contribution in [-0.4, -0.2) is 32.4 Å². The van der Waals surface area contributed by atoms with Crippen molar-refractivity contribution in [2.75, 3.05) is 5.32 Å². The molecule has 0 atom stereocenters. The van der Waals surface area contributed by atoms with Gasteiger partial charge in [-0.1, -0.05) is 6.07 Å². The van der Waals surface area contributed by atoms with E-state index < -0.39 is 11.9 Å². The van der Waals surface area contributed by atoms with E-state index in [0.717, 1.165) is 31.9 Å². The summed E-state index contributed by atoms with van der Waals surface area (Å²) in [4.78, 5) is 20.3. The van der Waals surface area contributed by atoms with Crippen molar-refractivity contribution in [3.05, 3.63) is 59.7 Å². The van der Waals surface area contributed by atoms with E-state index in [-0.39, 0.29) is 23.6 Å². The van der Waals surface area contributed by atoms with E-state index in [4.69, 9.17) is 0 Å². The average molecular weight is 417 g/mol. The number of amides is 1. The highest BCUT2D eigenvalue weighted by atomic mass is 19.4. The molecule has 0 saturated heterocycles. The van der Waals surface area contributed by atoms with Crippen molar-refractivity contribution >= 4 is 17.4 Å². The predicted molar refractivity (Wildman–Crippen MR) is 106 cm³/mol. The first-order valence-corrected chi connectivity index (χ1v) is 9.85. The summed E-state index contributed by atoms with van der Waals surface area (Å²) in [5.74, 6) is 0.453. The second-order valence-corrected chi connectivity index (χ2v) is 7.57. The Morgan fingerprint density at radius 1 is 1.10 bits per heavy atom. The minimum absolute atomic E-state index is 0.0658. The van der Waals surface area contributed by atoms with Gasteiger partial charge in [-0.15, -0.1) is 0 Å². The number of alkyl halides is 3. The third-order valence-corrected chi connectivity index (χ3v) is 5.45. The van der Waals surface area contributed by atoms with Gasteiger partial charge in [0.15, 0.2) is 5.69 Å². The van der Waals surface area contributed by atoms with Gasteiger partial charge < -0.3 is 10.6 Å². The van der Waals surface area contributed by atoms with Gasteiger partial charge in [-0.3, -0.25) is 14.2 Å². The van der Waals surface area contributed by atoms with Crippen LogP contribution in [0.2, 0.25) is 0 Å². The SMILES string of the molecule is Cc1ncccc1C(=O)N[C@H]1CC[C@@H](Nc2cccc3nc(C(F)(F)F)cn23)CC1. The number of pyridine rings is 2. The molecule has 4 rings (SSSR count). The molecule has 0 radical (unpaired) electrons. The molecule has 0 bridgehead atoms. The molecule has 1 amide bonds. The lowest BCUT2D eigenvalue weighted by molar-refractivity contribution is -0.140. The van der Waals surface area contributed by atoms with Crippen molar-refractivity contribution in [2.24, 2.45) is 0 Å². The predicted octanol–water partition coefficient (Wildman–Crippen LogP) is 4.21. The van der Waals surface area contributed by atoms with Gasteiger partial charge in [0, 0.05) is 30.2 Å². The lowest BCUT2D eigenvalue weighted by Gasteiger charge is -2.30. The summed E-state index contributed by atoms with van der Waals surface area (Å²) >= 11 is 0. The Morgan fingerprint density at radius 2 is 1.83 bits per heavy atom. The van der Waals surface area contributed by atoms with Crippen LogP contribution < -0.4 is 10.6 Å². The fourth-order valence-corrected chi connectivity index (χ4v) is 3.84. The summed E-state index contributed by atoms with van der Waals surface area (Å²) < 4.78 is 40.4. The molecule has 1 saturated carbocycles. The average Bonchev–Trinajstić information content (AvgIpc) is 3.16. The van der Waals surface area contributed by atoms with E-state index in [2.05, 4.69) is 20.6 Å². The summed E-state index contributed by atoms with van der Waals surface area (Å²) in [6.45, 7) is 1.80. The number of halogens is 3. The molecule has 0 spiro atoms. The molecular weight excluding hydrogens is 395 g/mol. The van der Waals surface area contributed by atoms with E-state index in [1.807, 2.05) is 0 Å². The van der Waals surface area contributed by atoms with Crippen molar-refractivity contribution < 1.29 is 18.0 Å². The van der Waals surface area contributed by atoms with E-state index in [9.17, 15) is 18.0 Å². The Balaban J connectivity index is 1.38. The molecule has 0 unspecified atom stereocenters. The summed E-state index contributed by atoms with van der Waals surface area (Å²) in [6, 6.07) is 8.65. The fraction of sp³-hybridized carbons (Fsp3) is 0.381. The Bertz CT molecular complexity index is 1050. The van der Waals surface area contributed by atoms with Crippen LogP contribution in [0.5, 0.6) is 0 Å². The molecule has 0 aromatic carbocycles. The molecule has 9 heteroatoms. The number of carbonyl (C=O) groups excluding carboxylic acids is 1. The normalized spacial score (nSPS) is 19.6. The van der Waals surface area contributed by atoms with Gasteiger partial charge in [0.1, 0.15) is 11.5 Å². The number of imidazole rings is 1. The number of aromatic nitrogens is 3. The molecular formula is C21H22F3N5O. The molecule has 1 aliphatic carbocycles. The van der Waals surface area contributed by atoms with Gasteiger partial charge in [0.05, 0.1) is 5.56 Å². The van der Waals surface area contributed by atoms with Crippen molar-refractivity contribution in [1.29, 1.82) is 0 Å². The van der Waals surface area contributed by atoms with Crippen LogP contribution in [0.1, 0.15) is 47.4 Å². The fourth-order valence-electron chi connectivity index (χ4n) is 3.84. The van der Waals surface area contributed by atoms with Crippen LogP contribution in [0.4, 0.5) is 19.0 Å². The zero-order valence-electron chi connectivity index (χ0n) is 16.4. The molecule has 0 aliphatic heterocycles. The molecule has 30 heavy (non-hydrogen) atoms. The van der Waals surface area contributed by atoms with Crippen molar-refractivity contribution in [3.8, 4) is 0 Å². The van der Waals surface area contributed by atoms with Crippen LogP contribution in [0.15, 0.2) is 42.7 Å². The van der Waals surface area contributed by atoms with E-state index in [0.29, 0.717) is 17.1 Å². The molecule has 158 valence electrons. The van der Waals surface area contributed by atoms with Crippen LogP contribution >= 0.6 is 0 Å². The number of carbonyl (C=O) groups is 1. The van der Waals surface area contributed by atoms with Gasteiger partial charge in [-0.25, -0.2) is 4.98 Å². The Hall–Kier alpha value is -3.10. The minimum Gasteiger partial charge on any atom is -0.368 e. The van der Waals surface area contributed by atoms with Crippen molar-refractivity contribution in [1.82, 2.24) is 19.7 Å². The van der Waals surface area contributed by atoms with Gasteiger partial charge in [0.25, 0.3) is 5.91 Å². The van der Waals surface area contributed by atoms with Gasteiger partial charge in [0.2, 0.25) is 0 Å². The Labute approximate surface area is 171 Å². The highest BCUT2D eigenvalue weighted by Gasteiger charge is 2.34.